The zero-order chi connectivity index (χ0) is 9.45. The van der Waals surface area contributed by atoms with Crippen molar-refractivity contribution in [2.75, 3.05) is 11.0 Å². The number of hydrogen-bond acceptors (Lipinski definition) is 2. The minimum absolute atomic E-state index is 0.158. The molecular weight excluding hydrogens is 294 g/mol. The Morgan fingerprint density at radius 3 is 2.25 bits per heavy atom. The van der Waals surface area contributed by atoms with Crippen molar-refractivity contribution in [3.8, 4) is 0 Å². The van der Waals surface area contributed by atoms with Crippen molar-refractivity contribution in [1.82, 2.24) is 0 Å². The molecule has 0 aliphatic rings. The average Bonchev–Trinajstić information content (AvgIpc) is 1.94. The van der Waals surface area contributed by atoms with Gasteiger partial charge in [0.2, 0.25) is 0 Å². The summed E-state index contributed by atoms with van der Waals surface area (Å²) >= 11 is 2.31. The largest absolute Gasteiger partial charge is 0.469 e. The minimum atomic E-state index is -4.22. The predicted octanol–water partition coefficient (Wildman–Crippen LogP) is 2.09. The van der Waals surface area contributed by atoms with Crippen LogP contribution in [0.2, 0.25) is 0 Å². The highest BCUT2D eigenvalue weighted by Crippen LogP contribution is 2.35. The SMILES string of the molecule is O=P(O)(O)OCCCCCCI. The molecule has 0 saturated carbocycles. The number of rotatable bonds is 7. The number of phosphoric ester groups is 1. The summed E-state index contributed by atoms with van der Waals surface area (Å²) < 4.78 is 15.6. The molecule has 0 radical (unpaired) electrons. The molecular formula is C6H14IO4P. The van der Waals surface area contributed by atoms with E-state index >= 15 is 0 Å². The van der Waals surface area contributed by atoms with Crippen LogP contribution in [0, 0.1) is 0 Å². The van der Waals surface area contributed by atoms with E-state index in [4.69, 9.17) is 9.79 Å². The summed E-state index contributed by atoms with van der Waals surface area (Å²) in [6.07, 6.45) is 3.97. The van der Waals surface area contributed by atoms with Gasteiger partial charge in [-0.1, -0.05) is 35.4 Å². The fraction of sp³-hybridized carbons (Fsp3) is 1.00. The molecule has 0 aliphatic carbocycles. The van der Waals surface area contributed by atoms with Crippen molar-refractivity contribution in [1.29, 1.82) is 0 Å². The molecule has 0 aliphatic heterocycles. The van der Waals surface area contributed by atoms with Crippen LogP contribution >= 0.6 is 30.4 Å². The van der Waals surface area contributed by atoms with E-state index < -0.39 is 7.82 Å². The molecule has 0 amide bonds. The Hall–Kier alpha value is 0.840. The molecule has 2 N–H and O–H groups in total. The first-order valence-electron chi connectivity index (χ1n) is 3.82. The lowest BCUT2D eigenvalue weighted by Gasteiger charge is -2.03. The molecule has 0 fully saturated rings. The van der Waals surface area contributed by atoms with Gasteiger partial charge in [-0.25, -0.2) is 4.57 Å². The van der Waals surface area contributed by atoms with Gasteiger partial charge in [0.15, 0.2) is 0 Å². The zero-order valence-corrected chi connectivity index (χ0v) is 9.83. The first kappa shape index (κ1) is 12.8. The fourth-order valence-electron chi connectivity index (χ4n) is 0.734. The zero-order valence-electron chi connectivity index (χ0n) is 6.78. The monoisotopic (exact) mass is 308 g/mol. The fourth-order valence-corrected chi connectivity index (χ4v) is 1.64. The summed E-state index contributed by atoms with van der Waals surface area (Å²) in [7, 11) is -4.22. The van der Waals surface area contributed by atoms with Crippen LogP contribution in [-0.4, -0.2) is 20.8 Å². The van der Waals surface area contributed by atoms with Crippen molar-refractivity contribution in [2.45, 2.75) is 25.7 Å². The van der Waals surface area contributed by atoms with Gasteiger partial charge in [-0.3, -0.25) is 4.52 Å². The van der Waals surface area contributed by atoms with Gasteiger partial charge in [0.05, 0.1) is 6.61 Å². The number of phosphoric acid groups is 1. The van der Waals surface area contributed by atoms with Crippen LogP contribution in [0.4, 0.5) is 0 Å². The Balaban J connectivity index is 3.06. The summed E-state index contributed by atoms with van der Waals surface area (Å²) in [6.45, 7) is 0.158. The van der Waals surface area contributed by atoms with Crippen LogP contribution in [-0.2, 0) is 9.09 Å². The Kier molecular flexibility index (Phi) is 7.77. The lowest BCUT2D eigenvalue weighted by Crippen LogP contribution is -1.92. The maximum atomic E-state index is 10.2. The Bertz CT molecular complexity index is 146. The standard InChI is InChI=1S/C6H14IO4P/c7-5-3-1-2-4-6-11-12(8,9)10/h1-6H2,(H2,8,9,10). The van der Waals surface area contributed by atoms with Gasteiger partial charge in [0.1, 0.15) is 0 Å². The van der Waals surface area contributed by atoms with Gasteiger partial charge >= 0.3 is 7.82 Å². The first-order chi connectivity index (χ1) is 5.56. The highest BCUT2D eigenvalue weighted by atomic mass is 127. The molecule has 4 nitrogen and oxygen atoms in total. The predicted molar refractivity (Wildman–Crippen MR) is 55.4 cm³/mol. The summed E-state index contributed by atoms with van der Waals surface area (Å²) in [5.41, 5.74) is 0. The van der Waals surface area contributed by atoms with Crippen molar-refractivity contribution in [3.05, 3.63) is 0 Å². The van der Waals surface area contributed by atoms with Crippen LogP contribution < -0.4 is 0 Å². The molecule has 0 heterocycles. The molecule has 0 aromatic rings. The van der Waals surface area contributed by atoms with Crippen molar-refractivity contribution in [2.24, 2.45) is 0 Å². The number of halogens is 1. The lowest BCUT2D eigenvalue weighted by atomic mass is 10.2. The highest BCUT2D eigenvalue weighted by molar-refractivity contribution is 14.1. The molecule has 0 unspecified atom stereocenters. The maximum Gasteiger partial charge on any atom is 0.469 e. The third kappa shape index (κ3) is 10.8. The Morgan fingerprint density at radius 2 is 1.75 bits per heavy atom. The second-order valence-corrected chi connectivity index (χ2v) is 4.75. The van der Waals surface area contributed by atoms with Gasteiger partial charge in [-0.05, 0) is 17.3 Å². The molecule has 0 bridgehead atoms. The summed E-state index contributed by atoms with van der Waals surface area (Å²) in [4.78, 5) is 16.6. The van der Waals surface area contributed by atoms with Crippen LogP contribution in [0.15, 0.2) is 0 Å². The van der Waals surface area contributed by atoms with Crippen LogP contribution in [0.3, 0.4) is 0 Å². The smallest absolute Gasteiger partial charge is 0.303 e. The quantitative estimate of drug-likeness (QED) is 0.327. The van der Waals surface area contributed by atoms with Crippen LogP contribution in [0.25, 0.3) is 0 Å². The maximum absolute atomic E-state index is 10.2. The first-order valence-corrected chi connectivity index (χ1v) is 6.88. The van der Waals surface area contributed by atoms with Gasteiger partial charge in [0, 0.05) is 0 Å². The molecule has 12 heavy (non-hydrogen) atoms. The van der Waals surface area contributed by atoms with E-state index in [1.54, 1.807) is 0 Å². The van der Waals surface area contributed by atoms with Crippen molar-refractivity contribution in [3.63, 3.8) is 0 Å². The number of unbranched alkanes of at least 4 members (excludes halogenated alkanes) is 3. The van der Waals surface area contributed by atoms with Crippen molar-refractivity contribution >= 4 is 30.4 Å². The Labute approximate surface area is 86.1 Å². The van der Waals surface area contributed by atoms with E-state index in [0.29, 0.717) is 0 Å². The van der Waals surface area contributed by atoms with Gasteiger partial charge < -0.3 is 9.79 Å². The summed E-state index contributed by atoms with van der Waals surface area (Å²) in [5, 5.41) is 0. The van der Waals surface area contributed by atoms with Gasteiger partial charge in [0.25, 0.3) is 0 Å². The summed E-state index contributed by atoms with van der Waals surface area (Å²) in [5.74, 6) is 0. The van der Waals surface area contributed by atoms with Gasteiger partial charge in [-0.15, -0.1) is 0 Å². The van der Waals surface area contributed by atoms with Crippen LogP contribution in [0.1, 0.15) is 25.7 Å². The second-order valence-electron chi connectivity index (χ2n) is 2.43. The van der Waals surface area contributed by atoms with E-state index in [1.165, 1.54) is 0 Å². The topological polar surface area (TPSA) is 66.8 Å². The normalized spacial score (nSPS) is 11.9. The molecule has 0 atom stereocenters. The molecule has 74 valence electrons. The van der Waals surface area contributed by atoms with Gasteiger partial charge in [-0.2, -0.15) is 0 Å². The molecule has 0 rings (SSSR count). The minimum Gasteiger partial charge on any atom is -0.303 e. The number of alkyl halides is 1. The molecule has 0 aromatic heterocycles. The highest BCUT2D eigenvalue weighted by Gasteiger charge is 2.11. The van der Waals surface area contributed by atoms with E-state index in [-0.39, 0.29) is 6.61 Å². The van der Waals surface area contributed by atoms with E-state index in [1.807, 2.05) is 0 Å². The molecule has 0 aromatic carbocycles. The third-order valence-corrected chi connectivity index (χ3v) is 2.57. The molecule has 6 heteroatoms. The second kappa shape index (κ2) is 7.26. The molecule has 0 saturated heterocycles. The van der Waals surface area contributed by atoms with E-state index in [9.17, 15) is 4.57 Å². The van der Waals surface area contributed by atoms with Crippen LogP contribution in [0.5, 0.6) is 0 Å². The van der Waals surface area contributed by atoms with E-state index in [0.717, 1.165) is 30.1 Å². The Morgan fingerprint density at radius 1 is 1.17 bits per heavy atom. The van der Waals surface area contributed by atoms with Crippen molar-refractivity contribution < 1.29 is 18.9 Å². The number of hydrogen-bond donors (Lipinski definition) is 2. The van der Waals surface area contributed by atoms with E-state index in [2.05, 4.69) is 27.1 Å². The third-order valence-electron chi connectivity index (χ3n) is 1.29. The summed E-state index contributed by atoms with van der Waals surface area (Å²) in [6, 6.07) is 0. The molecule has 0 spiro atoms. The average molecular weight is 308 g/mol. The lowest BCUT2D eigenvalue weighted by molar-refractivity contribution is 0.193.